The lowest BCUT2D eigenvalue weighted by Crippen LogP contribution is -2.22. The Balaban J connectivity index is 1.70. The summed E-state index contributed by atoms with van der Waals surface area (Å²) in [5.41, 5.74) is 1.12. The van der Waals surface area contributed by atoms with Gasteiger partial charge in [-0.05, 0) is 49.4 Å². The van der Waals surface area contributed by atoms with Crippen LogP contribution in [0.3, 0.4) is 0 Å². The standard InChI is InChI=1S/C18H16F2N4OS/c1-11(17(25)21-15-5-3-4-14(20)10-15)26-18-23-22-16(24(18)2)12-6-8-13(19)9-7-12/h3-11H,1-2H3,(H,21,25)/t11-/m1/s1. The molecule has 0 aliphatic heterocycles. The molecule has 0 fully saturated rings. The molecule has 0 radical (unpaired) electrons. The number of hydrogen-bond donors (Lipinski definition) is 1. The molecule has 0 saturated carbocycles. The van der Waals surface area contributed by atoms with E-state index in [9.17, 15) is 13.6 Å². The Morgan fingerprint density at radius 3 is 2.54 bits per heavy atom. The van der Waals surface area contributed by atoms with Crippen molar-refractivity contribution in [1.29, 1.82) is 0 Å². The van der Waals surface area contributed by atoms with Crippen LogP contribution in [0.25, 0.3) is 11.4 Å². The quantitative estimate of drug-likeness (QED) is 0.689. The number of aromatic nitrogens is 3. The van der Waals surface area contributed by atoms with E-state index in [1.165, 1.54) is 42.1 Å². The number of hydrogen-bond acceptors (Lipinski definition) is 4. The second-order valence-electron chi connectivity index (χ2n) is 5.63. The molecule has 134 valence electrons. The molecule has 0 aliphatic rings. The van der Waals surface area contributed by atoms with Crippen molar-refractivity contribution in [2.24, 2.45) is 7.05 Å². The van der Waals surface area contributed by atoms with Crippen LogP contribution in [0.15, 0.2) is 53.7 Å². The van der Waals surface area contributed by atoms with E-state index in [1.807, 2.05) is 0 Å². The zero-order chi connectivity index (χ0) is 18.7. The lowest BCUT2D eigenvalue weighted by molar-refractivity contribution is -0.115. The fourth-order valence-corrected chi connectivity index (χ4v) is 3.10. The van der Waals surface area contributed by atoms with Gasteiger partial charge in [0.15, 0.2) is 11.0 Å². The van der Waals surface area contributed by atoms with E-state index in [-0.39, 0.29) is 11.7 Å². The number of carbonyl (C=O) groups is 1. The second kappa shape index (κ2) is 7.65. The number of nitrogens with zero attached hydrogens (tertiary/aromatic N) is 3. The van der Waals surface area contributed by atoms with Crippen LogP contribution in [0.1, 0.15) is 6.92 Å². The van der Waals surface area contributed by atoms with Crippen LogP contribution >= 0.6 is 11.8 Å². The van der Waals surface area contributed by atoms with Crippen molar-refractivity contribution in [2.45, 2.75) is 17.3 Å². The Labute approximate surface area is 153 Å². The molecule has 8 heteroatoms. The van der Waals surface area contributed by atoms with Crippen LogP contribution in [-0.2, 0) is 11.8 Å². The fourth-order valence-electron chi connectivity index (χ4n) is 2.29. The van der Waals surface area contributed by atoms with Crippen molar-refractivity contribution in [3.63, 3.8) is 0 Å². The number of halogens is 2. The highest BCUT2D eigenvalue weighted by Gasteiger charge is 2.19. The predicted octanol–water partition coefficient (Wildman–Crippen LogP) is 3.88. The van der Waals surface area contributed by atoms with Crippen LogP contribution < -0.4 is 5.32 Å². The van der Waals surface area contributed by atoms with Crippen molar-refractivity contribution < 1.29 is 13.6 Å². The molecule has 1 N–H and O–H groups in total. The Hall–Kier alpha value is -2.74. The summed E-state index contributed by atoms with van der Waals surface area (Å²) in [7, 11) is 1.78. The highest BCUT2D eigenvalue weighted by atomic mass is 32.2. The van der Waals surface area contributed by atoms with Gasteiger partial charge in [-0.3, -0.25) is 4.79 Å². The van der Waals surface area contributed by atoms with Crippen molar-refractivity contribution >= 4 is 23.4 Å². The molecular weight excluding hydrogens is 358 g/mol. The fraction of sp³-hybridized carbons (Fsp3) is 0.167. The average Bonchev–Trinajstić information content (AvgIpc) is 2.96. The zero-order valence-corrected chi connectivity index (χ0v) is 14.9. The Morgan fingerprint density at radius 1 is 1.12 bits per heavy atom. The summed E-state index contributed by atoms with van der Waals surface area (Å²) in [6.45, 7) is 1.73. The first-order chi connectivity index (χ1) is 12.4. The second-order valence-corrected chi connectivity index (χ2v) is 6.94. The Kier molecular flexibility index (Phi) is 5.32. The monoisotopic (exact) mass is 374 g/mol. The van der Waals surface area contributed by atoms with Crippen molar-refractivity contribution in [3.8, 4) is 11.4 Å². The molecule has 1 amide bonds. The minimum Gasteiger partial charge on any atom is -0.325 e. The van der Waals surface area contributed by atoms with E-state index >= 15 is 0 Å². The van der Waals surface area contributed by atoms with Gasteiger partial charge in [0.1, 0.15) is 11.6 Å². The van der Waals surface area contributed by atoms with Crippen molar-refractivity contribution in [2.75, 3.05) is 5.32 Å². The molecule has 3 rings (SSSR count). The smallest absolute Gasteiger partial charge is 0.237 e. The average molecular weight is 374 g/mol. The van der Waals surface area contributed by atoms with Crippen LogP contribution in [0, 0.1) is 11.6 Å². The van der Waals surface area contributed by atoms with Gasteiger partial charge >= 0.3 is 0 Å². The number of carbonyl (C=O) groups excluding carboxylic acids is 1. The first-order valence-corrected chi connectivity index (χ1v) is 8.70. The van der Waals surface area contributed by atoms with Gasteiger partial charge < -0.3 is 9.88 Å². The molecule has 0 saturated heterocycles. The number of nitrogens with one attached hydrogen (secondary N) is 1. The first-order valence-electron chi connectivity index (χ1n) is 7.82. The normalized spacial score (nSPS) is 12.0. The molecule has 2 aromatic carbocycles. The van der Waals surface area contributed by atoms with E-state index in [0.29, 0.717) is 16.7 Å². The molecule has 1 heterocycles. The van der Waals surface area contributed by atoms with Crippen LogP contribution in [0.4, 0.5) is 14.5 Å². The largest absolute Gasteiger partial charge is 0.325 e. The maximum absolute atomic E-state index is 13.2. The van der Waals surface area contributed by atoms with E-state index in [4.69, 9.17) is 0 Å². The third kappa shape index (κ3) is 4.08. The third-order valence-electron chi connectivity index (χ3n) is 3.68. The molecule has 5 nitrogen and oxygen atoms in total. The minimum absolute atomic E-state index is 0.271. The van der Waals surface area contributed by atoms with Crippen LogP contribution in [0.5, 0.6) is 0 Å². The Morgan fingerprint density at radius 2 is 1.85 bits per heavy atom. The zero-order valence-electron chi connectivity index (χ0n) is 14.1. The SMILES string of the molecule is C[C@@H](Sc1nnc(-c2ccc(F)cc2)n1C)C(=O)Nc1cccc(F)c1. The maximum Gasteiger partial charge on any atom is 0.237 e. The molecule has 26 heavy (non-hydrogen) atoms. The summed E-state index contributed by atoms with van der Waals surface area (Å²) < 4.78 is 28.0. The molecular formula is C18H16F2N4OS. The number of anilines is 1. The predicted molar refractivity (Wildman–Crippen MR) is 96.7 cm³/mol. The van der Waals surface area contributed by atoms with Gasteiger partial charge in [-0.15, -0.1) is 10.2 Å². The molecule has 3 aromatic rings. The number of rotatable bonds is 5. The molecule has 0 bridgehead atoms. The van der Waals surface area contributed by atoms with Crippen LogP contribution in [-0.4, -0.2) is 25.9 Å². The van der Waals surface area contributed by atoms with Gasteiger partial charge in [0.25, 0.3) is 0 Å². The molecule has 0 aliphatic carbocycles. The van der Waals surface area contributed by atoms with Gasteiger partial charge in [0, 0.05) is 18.3 Å². The van der Waals surface area contributed by atoms with E-state index < -0.39 is 11.1 Å². The first kappa shape index (κ1) is 18.1. The Bertz CT molecular complexity index is 927. The van der Waals surface area contributed by atoms with Crippen molar-refractivity contribution in [1.82, 2.24) is 14.8 Å². The minimum atomic E-state index is -0.470. The molecule has 0 spiro atoms. The van der Waals surface area contributed by atoms with E-state index in [0.717, 1.165) is 5.56 Å². The topological polar surface area (TPSA) is 59.8 Å². The summed E-state index contributed by atoms with van der Waals surface area (Å²) >= 11 is 1.23. The van der Waals surface area contributed by atoms with Crippen molar-refractivity contribution in [3.05, 3.63) is 60.2 Å². The highest BCUT2D eigenvalue weighted by Crippen LogP contribution is 2.26. The molecule has 0 unspecified atom stereocenters. The van der Waals surface area contributed by atoms with Gasteiger partial charge in [-0.25, -0.2) is 8.78 Å². The summed E-state index contributed by atoms with van der Waals surface area (Å²) in [5.74, 6) is -0.439. The van der Waals surface area contributed by atoms with E-state index in [1.54, 1.807) is 36.7 Å². The summed E-state index contributed by atoms with van der Waals surface area (Å²) in [5, 5.41) is 11.0. The molecule has 1 aromatic heterocycles. The van der Waals surface area contributed by atoms with E-state index in [2.05, 4.69) is 15.5 Å². The third-order valence-corrected chi connectivity index (χ3v) is 4.81. The number of benzene rings is 2. The highest BCUT2D eigenvalue weighted by molar-refractivity contribution is 8.00. The van der Waals surface area contributed by atoms with Crippen LogP contribution in [0.2, 0.25) is 0 Å². The lowest BCUT2D eigenvalue weighted by Gasteiger charge is -2.11. The van der Waals surface area contributed by atoms with Gasteiger partial charge in [0.05, 0.1) is 5.25 Å². The summed E-state index contributed by atoms with van der Waals surface area (Å²) in [4.78, 5) is 12.3. The maximum atomic E-state index is 13.2. The number of amides is 1. The van der Waals surface area contributed by atoms with Gasteiger partial charge in [-0.2, -0.15) is 0 Å². The molecule has 1 atom stereocenters. The van der Waals surface area contributed by atoms with Gasteiger partial charge in [-0.1, -0.05) is 17.8 Å². The summed E-state index contributed by atoms with van der Waals surface area (Å²) in [6.07, 6.45) is 0. The lowest BCUT2D eigenvalue weighted by atomic mass is 10.2. The van der Waals surface area contributed by atoms with Gasteiger partial charge in [0.2, 0.25) is 5.91 Å². The summed E-state index contributed by atoms with van der Waals surface area (Å²) in [6, 6.07) is 11.7. The number of thioether (sulfide) groups is 1.